The van der Waals surface area contributed by atoms with Crippen LogP contribution in [0, 0.1) is 19.8 Å². The number of rotatable bonds is 5. The lowest BCUT2D eigenvalue weighted by molar-refractivity contribution is 0.152. The van der Waals surface area contributed by atoms with Crippen molar-refractivity contribution in [2.45, 2.75) is 52.2 Å². The number of aryl methyl sites for hydroxylation is 2. The van der Waals surface area contributed by atoms with E-state index in [2.05, 4.69) is 50.9 Å². The summed E-state index contributed by atoms with van der Waals surface area (Å²) in [6, 6.07) is 5.16. The molecule has 1 N–H and O–H groups in total. The zero-order valence-electron chi connectivity index (χ0n) is 16.0. The highest BCUT2D eigenvalue weighted by molar-refractivity contribution is 5.37. The van der Waals surface area contributed by atoms with E-state index in [0.717, 1.165) is 32.0 Å². The first kappa shape index (κ1) is 16.7. The van der Waals surface area contributed by atoms with Gasteiger partial charge in [0.1, 0.15) is 12.7 Å². The molecule has 2 aromatic heterocycles. The summed E-state index contributed by atoms with van der Waals surface area (Å²) in [5.74, 6) is 0.771. The van der Waals surface area contributed by atoms with Crippen molar-refractivity contribution in [3.05, 3.63) is 64.8 Å². The smallest absolute Gasteiger partial charge is 0.137 e. The molecular weight excluding hydrogens is 336 g/mol. The van der Waals surface area contributed by atoms with Crippen molar-refractivity contribution in [1.29, 1.82) is 0 Å². The summed E-state index contributed by atoms with van der Waals surface area (Å²) < 4.78 is 1.89. The lowest BCUT2D eigenvalue weighted by atomic mass is 9.95. The Morgan fingerprint density at radius 2 is 1.93 bits per heavy atom. The molecule has 1 fully saturated rings. The second-order valence-electron chi connectivity index (χ2n) is 8.07. The maximum atomic E-state index is 4.68. The lowest BCUT2D eigenvalue weighted by Crippen LogP contribution is -2.36. The Balaban J connectivity index is 1.43. The largest absolute Gasteiger partial charge is 0.348 e. The van der Waals surface area contributed by atoms with Gasteiger partial charge < -0.3 is 4.98 Å². The Morgan fingerprint density at radius 1 is 1.11 bits per heavy atom. The molecule has 1 saturated carbocycles. The topological polar surface area (TPSA) is 62.6 Å². The first-order valence-electron chi connectivity index (χ1n) is 9.86. The molecule has 1 aliphatic carbocycles. The van der Waals surface area contributed by atoms with E-state index < -0.39 is 0 Å². The molecule has 6 nitrogen and oxygen atoms in total. The third-order valence-corrected chi connectivity index (χ3v) is 6.11. The molecule has 0 spiro atoms. The van der Waals surface area contributed by atoms with Gasteiger partial charge in [-0.05, 0) is 54.9 Å². The highest BCUT2D eigenvalue weighted by Crippen LogP contribution is 2.47. The predicted octanol–water partition coefficient (Wildman–Crippen LogP) is 3.18. The van der Waals surface area contributed by atoms with E-state index in [1.54, 1.807) is 12.7 Å². The van der Waals surface area contributed by atoms with E-state index in [4.69, 9.17) is 0 Å². The first-order chi connectivity index (χ1) is 13.2. The lowest BCUT2D eigenvalue weighted by Gasteiger charge is -2.35. The minimum absolute atomic E-state index is 0.472. The van der Waals surface area contributed by atoms with Crippen molar-refractivity contribution in [2.75, 3.05) is 6.54 Å². The van der Waals surface area contributed by atoms with Gasteiger partial charge in [-0.25, -0.2) is 14.6 Å². The number of nitrogens with zero attached hydrogens (tertiary/aromatic N) is 5. The summed E-state index contributed by atoms with van der Waals surface area (Å²) in [5.41, 5.74) is 8.06. The molecule has 0 bridgehead atoms. The SMILES string of the molecule is Cc1cc(C)c(Cn2cncn2)cc1CN1CCc2[nH]cnc2C1C1CC1. The number of imidazole rings is 1. The average molecular weight is 362 g/mol. The van der Waals surface area contributed by atoms with Gasteiger partial charge in [0, 0.05) is 25.2 Å². The van der Waals surface area contributed by atoms with E-state index in [1.165, 1.54) is 46.5 Å². The highest BCUT2D eigenvalue weighted by Gasteiger charge is 2.40. The van der Waals surface area contributed by atoms with Crippen molar-refractivity contribution in [1.82, 2.24) is 29.6 Å². The Labute approximate surface area is 159 Å². The molecule has 1 aromatic carbocycles. The van der Waals surface area contributed by atoms with E-state index in [9.17, 15) is 0 Å². The molecule has 27 heavy (non-hydrogen) atoms. The van der Waals surface area contributed by atoms with Crippen LogP contribution in [-0.4, -0.2) is 36.2 Å². The fraction of sp³-hybridized carbons (Fsp3) is 0.476. The van der Waals surface area contributed by atoms with Gasteiger partial charge in [-0.1, -0.05) is 12.1 Å². The number of aromatic nitrogens is 5. The van der Waals surface area contributed by atoms with Crippen LogP contribution < -0.4 is 0 Å². The molecule has 0 saturated heterocycles. The molecule has 2 aliphatic rings. The first-order valence-corrected chi connectivity index (χ1v) is 9.86. The van der Waals surface area contributed by atoms with Crippen LogP contribution in [0.2, 0.25) is 0 Å². The monoisotopic (exact) mass is 362 g/mol. The van der Waals surface area contributed by atoms with Crippen molar-refractivity contribution in [3.63, 3.8) is 0 Å². The van der Waals surface area contributed by atoms with Crippen LogP contribution in [0.4, 0.5) is 0 Å². The second kappa shape index (κ2) is 6.60. The van der Waals surface area contributed by atoms with Gasteiger partial charge in [-0.2, -0.15) is 5.10 Å². The summed E-state index contributed by atoms with van der Waals surface area (Å²) in [4.78, 5) is 14.8. The van der Waals surface area contributed by atoms with E-state index in [1.807, 2.05) is 11.0 Å². The number of hydrogen-bond donors (Lipinski definition) is 1. The van der Waals surface area contributed by atoms with Crippen molar-refractivity contribution in [2.24, 2.45) is 5.92 Å². The van der Waals surface area contributed by atoms with Crippen LogP contribution in [0.15, 0.2) is 31.1 Å². The fourth-order valence-electron chi connectivity index (χ4n) is 4.46. The quantitative estimate of drug-likeness (QED) is 0.757. The number of H-pyrrole nitrogens is 1. The van der Waals surface area contributed by atoms with E-state index in [-0.39, 0.29) is 0 Å². The van der Waals surface area contributed by atoms with Crippen LogP contribution in [0.5, 0.6) is 0 Å². The number of aromatic amines is 1. The standard InChI is InChI=1S/C21H26N6/c1-14-7-15(2)18(10-27-13-22-11-25-27)8-17(14)9-26-6-5-19-20(24-12-23-19)21(26)16-3-4-16/h7-8,11-13,16,21H,3-6,9-10H2,1-2H3,(H,23,24). The van der Waals surface area contributed by atoms with Crippen molar-refractivity contribution in [3.8, 4) is 0 Å². The molecular formula is C21H26N6. The summed E-state index contributed by atoms with van der Waals surface area (Å²) in [7, 11) is 0. The number of nitrogens with one attached hydrogen (secondary N) is 1. The molecule has 1 unspecified atom stereocenters. The third-order valence-electron chi connectivity index (χ3n) is 6.11. The van der Waals surface area contributed by atoms with E-state index >= 15 is 0 Å². The van der Waals surface area contributed by atoms with Crippen LogP contribution in [-0.2, 0) is 19.5 Å². The van der Waals surface area contributed by atoms with Crippen molar-refractivity contribution < 1.29 is 0 Å². The van der Waals surface area contributed by atoms with Crippen LogP contribution in [0.1, 0.15) is 52.5 Å². The van der Waals surface area contributed by atoms with Gasteiger partial charge in [-0.3, -0.25) is 4.90 Å². The Hall–Kier alpha value is -2.47. The highest BCUT2D eigenvalue weighted by atomic mass is 15.3. The summed E-state index contributed by atoms with van der Waals surface area (Å²) >= 11 is 0. The molecule has 6 heteroatoms. The van der Waals surface area contributed by atoms with Crippen LogP contribution in [0.3, 0.4) is 0 Å². The number of benzene rings is 1. The van der Waals surface area contributed by atoms with Gasteiger partial charge in [0.25, 0.3) is 0 Å². The Kier molecular flexibility index (Phi) is 4.08. The maximum Gasteiger partial charge on any atom is 0.137 e. The predicted molar refractivity (Wildman–Crippen MR) is 103 cm³/mol. The minimum Gasteiger partial charge on any atom is -0.348 e. The molecule has 1 atom stereocenters. The molecule has 1 aliphatic heterocycles. The Morgan fingerprint density at radius 3 is 2.67 bits per heavy atom. The summed E-state index contributed by atoms with van der Waals surface area (Å²) in [6.45, 7) is 7.28. The van der Waals surface area contributed by atoms with Gasteiger partial charge in [0.05, 0.1) is 24.6 Å². The number of fused-ring (bicyclic) bond motifs is 1. The van der Waals surface area contributed by atoms with E-state index in [0.29, 0.717) is 6.04 Å². The van der Waals surface area contributed by atoms with Gasteiger partial charge in [0.15, 0.2) is 0 Å². The van der Waals surface area contributed by atoms with Crippen LogP contribution >= 0.6 is 0 Å². The summed E-state index contributed by atoms with van der Waals surface area (Å²) in [6.07, 6.45) is 8.98. The maximum absolute atomic E-state index is 4.68. The second-order valence-corrected chi connectivity index (χ2v) is 8.07. The molecule has 5 rings (SSSR count). The summed E-state index contributed by atoms with van der Waals surface area (Å²) in [5, 5.41) is 4.27. The molecule has 0 radical (unpaired) electrons. The molecule has 3 aromatic rings. The van der Waals surface area contributed by atoms with Crippen molar-refractivity contribution >= 4 is 0 Å². The Bertz CT molecular complexity index is 938. The molecule has 3 heterocycles. The minimum atomic E-state index is 0.472. The molecule has 0 amide bonds. The van der Waals surface area contributed by atoms with Gasteiger partial charge in [0.2, 0.25) is 0 Å². The average Bonchev–Trinajstić information content (AvgIpc) is 3.15. The zero-order valence-corrected chi connectivity index (χ0v) is 16.0. The molecule has 140 valence electrons. The van der Waals surface area contributed by atoms with Gasteiger partial charge >= 0.3 is 0 Å². The van der Waals surface area contributed by atoms with Crippen LogP contribution in [0.25, 0.3) is 0 Å². The zero-order chi connectivity index (χ0) is 18.4. The number of hydrogen-bond acceptors (Lipinski definition) is 4. The van der Waals surface area contributed by atoms with Gasteiger partial charge in [-0.15, -0.1) is 0 Å². The third kappa shape index (κ3) is 3.18. The fourth-order valence-corrected chi connectivity index (χ4v) is 4.46. The normalized spacial score (nSPS) is 20.0.